The third-order valence-electron chi connectivity index (χ3n) is 0.925. The van der Waals surface area contributed by atoms with Crippen molar-refractivity contribution in [3.8, 4) is 18.2 Å². The van der Waals surface area contributed by atoms with Crippen molar-refractivity contribution >= 4 is 0 Å². The first kappa shape index (κ1) is 9.61. The maximum absolute atomic E-state index is 10.0. The van der Waals surface area contributed by atoms with Crippen LogP contribution in [-0.2, 0) is 0 Å². The maximum Gasteiger partial charge on any atom is 0.317 e. The molecule has 1 atom stereocenters. The molecule has 0 N–H and O–H groups in total. The normalized spacial score (nSPS) is 9.75. The summed E-state index contributed by atoms with van der Waals surface area (Å²) in [7, 11) is 0. The summed E-state index contributed by atoms with van der Waals surface area (Å²) >= 11 is 0. The van der Waals surface area contributed by atoms with E-state index in [-0.39, 0.29) is 0 Å². The lowest BCUT2D eigenvalue weighted by molar-refractivity contribution is -0.494. The fourth-order valence-corrected chi connectivity index (χ4v) is 0.403. The second-order valence-electron chi connectivity index (χ2n) is 1.66. The van der Waals surface area contributed by atoms with E-state index in [4.69, 9.17) is 15.8 Å². The highest BCUT2D eigenvalue weighted by Gasteiger charge is 2.16. The van der Waals surface area contributed by atoms with Crippen molar-refractivity contribution in [2.24, 2.45) is 0 Å². The monoisotopic (exact) mass is 162 g/mol. The van der Waals surface area contributed by atoms with Gasteiger partial charge in [0.15, 0.2) is 0 Å². The molecule has 0 aromatic rings. The van der Waals surface area contributed by atoms with Gasteiger partial charge in [0.05, 0.1) is 0 Å². The summed E-state index contributed by atoms with van der Waals surface area (Å²) in [6.45, 7) is 0. The molecule has 12 heavy (non-hydrogen) atoms. The molecule has 0 amide bonds. The zero-order valence-electron chi connectivity index (χ0n) is 5.76. The lowest BCUT2D eigenvalue weighted by Gasteiger charge is -1.90. The van der Waals surface area contributed by atoms with Gasteiger partial charge in [-0.1, -0.05) is 0 Å². The minimum atomic E-state index is -1.63. The molecule has 0 saturated carbocycles. The van der Waals surface area contributed by atoms with Gasteiger partial charge in [-0.25, -0.2) is 0 Å². The molecule has 0 spiro atoms. The van der Waals surface area contributed by atoms with Crippen molar-refractivity contribution in [2.75, 3.05) is 0 Å². The van der Waals surface area contributed by atoms with E-state index in [1.807, 2.05) is 0 Å². The number of hydrogen-bond acceptors (Lipinski definition) is 5. The quantitative estimate of drug-likeness (QED) is 0.325. The van der Waals surface area contributed by atoms with E-state index in [1.54, 1.807) is 0 Å². The number of allylic oxidation sites excluding steroid dienone is 1. The standard InChI is InChI=1S/C6H2N4O2/c7-2-5(3-8)1-6(4-9)10(11)12/h1,6H. The van der Waals surface area contributed by atoms with Crippen LogP contribution in [0.5, 0.6) is 0 Å². The number of nitro groups is 1. The van der Waals surface area contributed by atoms with Crippen LogP contribution in [0.25, 0.3) is 0 Å². The summed E-state index contributed by atoms with van der Waals surface area (Å²) in [5.74, 6) is 0. The fourth-order valence-electron chi connectivity index (χ4n) is 0.403. The molecule has 0 bridgehead atoms. The van der Waals surface area contributed by atoms with E-state index in [0.29, 0.717) is 6.08 Å². The summed E-state index contributed by atoms with van der Waals surface area (Å²) in [6.07, 6.45) is 0.708. The highest BCUT2D eigenvalue weighted by molar-refractivity contribution is 5.36. The summed E-state index contributed by atoms with van der Waals surface area (Å²) in [6, 6.07) is 2.53. The average molecular weight is 162 g/mol. The zero-order chi connectivity index (χ0) is 9.56. The van der Waals surface area contributed by atoms with Gasteiger partial charge >= 0.3 is 6.04 Å². The number of rotatable bonds is 2. The second-order valence-corrected chi connectivity index (χ2v) is 1.66. The van der Waals surface area contributed by atoms with Crippen LogP contribution in [0.2, 0.25) is 0 Å². The molecule has 0 aromatic heterocycles. The lowest BCUT2D eigenvalue weighted by Crippen LogP contribution is -2.14. The van der Waals surface area contributed by atoms with Gasteiger partial charge in [0.25, 0.3) is 0 Å². The Kier molecular flexibility index (Phi) is 3.55. The van der Waals surface area contributed by atoms with Gasteiger partial charge in [-0.15, -0.1) is 0 Å². The van der Waals surface area contributed by atoms with Crippen LogP contribution in [0.3, 0.4) is 0 Å². The van der Waals surface area contributed by atoms with Crippen molar-refractivity contribution in [3.05, 3.63) is 21.8 Å². The first-order valence-corrected chi connectivity index (χ1v) is 2.70. The number of hydrogen-bond donors (Lipinski definition) is 0. The first-order chi connectivity index (χ1) is 5.65. The Hall–Kier alpha value is -2.39. The molecule has 0 aliphatic rings. The Bertz CT molecular complexity index is 322. The second kappa shape index (κ2) is 4.43. The van der Waals surface area contributed by atoms with Gasteiger partial charge in [0, 0.05) is 11.0 Å². The van der Waals surface area contributed by atoms with Gasteiger partial charge in [-0.05, 0) is 0 Å². The third-order valence-corrected chi connectivity index (χ3v) is 0.925. The summed E-state index contributed by atoms with van der Waals surface area (Å²) < 4.78 is 0. The molecule has 0 aliphatic heterocycles. The minimum absolute atomic E-state index is 0.432. The highest BCUT2D eigenvalue weighted by Crippen LogP contribution is 1.96. The molecule has 1 unspecified atom stereocenters. The van der Waals surface area contributed by atoms with E-state index >= 15 is 0 Å². The van der Waals surface area contributed by atoms with Crippen molar-refractivity contribution in [1.82, 2.24) is 0 Å². The Balaban J connectivity index is 4.76. The summed E-state index contributed by atoms with van der Waals surface area (Å²) in [5.41, 5.74) is -0.432. The summed E-state index contributed by atoms with van der Waals surface area (Å²) in [5, 5.41) is 34.6. The van der Waals surface area contributed by atoms with Crippen LogP contribution >= 0.6 is 0 Å². The lowest BCUT2D eigenvalue weighted by atomic mass is 10.2. The van der Waals surface area contributed by atoms with E-state index in [2.05, 4.69) is 0 Å². The third kappa shape index (κ3) is 2.47. The Morgan fingerprint density at radius 3 is 2.17 bits per heavy atom. The molecule has 0 aliphatic carbocycles. The Morgan fingerprint density at radius 1 is 1.42 bits per heavy atom. The first-order valence-electron chi connectivity index (χ1n) is 2.70. The molecule has 0 aromatic carbocycles. The van der Waals surface area contributed by atoms with Gasteiger partial charge in [-0.3, -0.25) is 10.1 Å². The Morgan fingerprint density at radius 2 is 1.92 bits per heavy atom. The average Bonchev–Trinajstić information content (AvgIpc) is 2.06. The molecule has 6 nitrogen and oxygen atoms in total. The zero-order valence-corrected chi connectivity index (χ0v) is 5.76. The van der Waals surface area contributed by atoms with Crippen LogP contribution in [0.4, 0.5) is 0 Å². The SMILES string of the molecule is N#CC(C#N)=CC(C#N)[N+](=O)[O-]. The molecular formula is C6H2N4O2. The van der Waals surface area contributed by atoms with Gasteiger partial charge in [0.2, 0.25) is 0 Å². The molecule has 0 saturated heterocycles. The van der Waals surface area contributed by atoms with Crippen LogP contribution in [0.1, 0.15) is 0 Å². The molecule has 0 rings (SSSR count). The van der Waals surface area contributed by atoms with Crippen molar-refractivity contribution in [2.45, 2.75) is 6.04 Å². The maximum atomic E-state index is 10.0. The largest absolute Gasteiger partial charge is 0.317 e. The minimum Gasteiger partial charge on any atom is -0.263 e. The molecular weight excluding hydrogens is 160 g/mol. The fraction of sp³-hybridized carbons (Fsp3) is 0.167. The molecule has 6 heteroatoms. The molecule has 58 valence electrons. The van der Waals surface area contributed by atoms with E-state index < -0.39 is 16.5 Å². The predicted octanol–water partition coefficient (Wildman–Crippen LogP) is 0.129. The van der Waals surface area contributed by atoms with Gasteiger partial charge < -0.3 is 0 Å². The van der Waals surface area contributed by atoms with Crippen molar-refractivity contribution < 1.29 is 4.92 Å². The topological polar surface area (TPSA) is 115 Å². The summed E-state index contributed by atoms with van der Waals surface area (Å²) in [4.78, 5) is 9.14. The number of nitriles is 3. The van der Waals surface area contributed by atoms with Gasteiger partial charge in [0.1, 0.15) is 23.8 Å². The predicted molar refractivity (Wildman–Crippen MR) is 35.7 cm³/mol. The number of nitrogens with zero attached hydrogens (tertiary/aromatic N) is 4. The smallest absolute Gasteiger partial charge is 0.263 e. The molecule has 0 fully saturated rings. The highest BCUT2D eigenvalue weighted by atomic mass is 16.6. The van der Waals surface area contributed by atoms with Crippen LogP contribution < -0.4 is 0 Å². The molecule has 0 radical (unpaired) electrons. The van der Waals surface area contributed by atoms with Crippen molar-refractivity contribution in [1.29, 1.82) is 15.8 Å². The van der Waals surface area contributed by atoms with Crippen molar-refractivity contribution in [3.63, 3.8) is 0 Å². The van der Waals surface area contributed by atoms with Crippen LogP contribution in [-0.4, -0.2) is 11.0 Å². The Labute approximate surface area is 67.7 Å². The van der Waals surface area contributed by atoms with Crippen LogP contribution in [0, 0.1) is 44.1 Å². The van der Waals surface area contributed by atoms with Crippen LogP contribution in [0.15, 0.2) is 11.6 Å². The van der Waals surface area contributed by atoms with Gasteiger partial charge in [-0.2, -0.15) is 15.8 Å². The van der Waals surface area contributed by atoms with E-state index in [1.165, 1.54) is 18.2 Å². The van der Waals surface area contributed by atoms with E-state index in [0.717, 1.165) is 0 Å². The van der Waals surface area contributed by atoms with E-state index in [9.17, 15) is 10.1 Å². The molecule has 0 heterocycles.